The summed E-state index contributed by atoms with van der Waals surface area (Å²) in [5.74, 6) is 0.957. The van der Waals surface area contributed by atoms with E-state index in [0.29, 0.717) is 11.8 Å². The third-order valence-electron chi connectivity index (χ3n) is 0.912. The quantitative estimate of drug-likeness (QED) is 0.499. The van der Waals surface area contributed by atoms with Gasteiger partial charge in [0.05, 0.1) is 20.3 Å². The van der Waals surface area contributed by atoms with E-state index < -0.39 is 0 Å². The third-order valence-corrected chi connectivity index (χ3v) is 0.912. The van der Waals surface area contributed by atoms with Crippen LogP contribution in [0.15, 0.2) is 17.1 Å². The molecular formula is C5H7N2O2. The van der Waals surface area contributed by atoms with Gasteiger partial charge < -0.3 is 9.47 Å². The maximum atomic E-state index is 4.74. The van der Waals surface area contributed by atoms with Gasteiger partial charge in [0.2, 0.25) is 11.8 Å². The first kappa shape index (κ1) is 5.94. The molecule has 4 nitrogen and oxygen atoms in total. The van der Waals surface area contributed by atoms with E-state index >= 15 is 0 Å². The molecule has 0 aromatic carbocycles. The Morgan fingerprint density at radius 2 is 2.11 bits per heavy atom. The van der Waals surface area contributed by atoms with Crippen molar-refractivity contribution in [3.8, 4) is 0 Å². The van der Waals surface area contributed by atoms with Crippen molar-refractivity contribution in [2.45, 2.75) is 0 Å². The van der Waals surface area contributed by atoms with E-state index in [1.165, 1.54) is 14.2 Å². The fourth-order valence-corrected chi connectivity index (χ4v) is 0.461. The van der Waals surface area contributed by atoms with Crippen LogP contribution in [0.25, 0.3) is 0 Å². The molecule has 0 bridgehead atoms. The summed E-state index contributed by atoms with van der Waals surface area (Å²) in [5.41, 5.74) is 3.61. The van der Waals surface area contributed by atoms with Crippen molar-refractivity contribution in [2.24, 2.45) is 5.10 Å². The predicted molar refractivity (Wildman–Crippen MR) is 31.7 cm³/mol. The minimum Gasteiger partial charge on any atom is -0.480 e. The fourth-order valence-electron chi connectivity index (χ4n) is 0.461. The van der Waals surface area contributed by atoms with Crippen LogP contribution in [0.4, 0.5) is 0 Å². The van der Waals surface area contributed by atoms with Gasteiger partial charge in [0.1, 0.15) is 0 Å². The third kappa shape index (κ3) is 1.13. The molecule has 1 heterocycles. The Morgan fingerprint density at radius 1 is 1.33 bits per heavy atom. The number of hydrogen-bond donors (Lipinski definition) is 0. The number of nitrogens with zero attached hydrogens (tertiary/aromatic N) is 2. The second-order valence-electron chi connectivity index (χ2n) is 1.43. The zero-order valence-electron chi connectivity index (χ0n) is 5.29. The van der Waals surface area contributed by atoms with Crippen LogP contribution in [0, 0.1) is 0 Å². The smallest absolute Gasteiger partial charge is 0.238 e. The Hall–Kier alpha value is -1.19. The Bertz CT molecular complexity index is 162. The van der Waals surface area contributed by atoms with Crippen molar-refractivity contribution in [1.82, 2.24) is 5.43 Å². The summed E-state index contributed by atoms with van der Waals surface area (Å²) in [5, 5.41) is 3.61. The van der Waals surface area contributed by atoms with Crippen molar-refractivity contribution in [2.75, 3.05) is 14.2 Å². The molecule has 0 fully saturated rings. The first-order chi connectivity index (χ1) is 4.36. The lowest BCUT2D eigenvalue weighted by atomic mass is 10.6. The van der Waals surface area contributed by atoms with Gasteiger partial charge in [-0.15, -0.1) is 10.5 Å². The number of ether oxygens (including phenoxy) is 2. The van der Waals surface area contributed by atoms with Crippen LogP contribution in [0.2, 0.25) is 0 Å². The van der Waals surface area contributed by atoms with E-state index in [1.54, 1.807) is 6.08 Å². The Kier molecular flexibility index (Phi) is 1.58. The molecule has 0 saturated heterocycles. The molecule has 0 spiro atoms. The van der Waals surface area contributed by atoms with E-state index in [-0.39, 0.29) is 0 Å². The van der Waals surface area contributed by atoms with Crippen LogP contribution < -0.4 is 5.43 Å². The average molecular weight is 127 g/mol. The summed E-state index contributed by atoms with van der Waals surface area (Å²) in [6, 6.07) is 0. The van der Waals surface area contributed by atoms with E-state index in [0.717, 1.165) is 0 Å². The van der Waals surface area contributed by atoms with Gasteiger partial charge in [0.15, 0.2) is 0 Å². The molecule has 0 aliphatic carbocycles. The lowest BCUT2D eigenvalue weighted by Crippen LogP contribution is -1.92. The van der Waals surface area contributed by atoms with Crippen molar-refractivity contribution in [3.63, 3.8) is 0 Å². The molecule has 1 rings (SSSR count). The molecule has 1 aliphatic rings. The predicted octanol–water partition coefficient (Wildman–Crippen LogP) is 0.0521. The molecule has 0 amide bonds. The lowest BCUT2D eigenvalue weighted by molar-refractivity contribution is 0.264. The van der Waals surface area contributed by atoms with Crippen molar-refractivity contribution in [1.29, 1.82) is 0 Å². The first-order valence-electron chi connectivity index (χ1n) is 2.45. The van der Waals surface area contributed by atoms with Crippen LogP contribution in [-0.2, 0) is 9.47 Å². The van der Waals surface area contributed by atoms with Gasteiger partial charge >= 0.3 is 0 Å². The normalized spacial score (nSPS) is 15.8. The molecule has 1 aliphatic heterocycles. The molecule has 0 aromatic heterocycles. The van der Waals surface area contributed by atoms with Gasteiger partial charge in [-0.3, -0.25) is 0 Å². The average Bonchev–Trinajstić information content (AvgIpc) is 2.34. The molecule has 4 heteroatoms. The van der Waals surface area contributed by atoms with Crippen LogP contribution in [0.5, 0.6) is 0 Å². The number of methoxy groups -OCH3 is 2. The molecule has 9 heavy (non-hydrogen) atoms. The summed E-state index contributed by atoms with van der Waals surface area (Å²) >= 11 is 0. The van der Waals surface area contributed by atoms with Gasteiger partial charge in [-0.25, -0.2) is 0 Å². The molecule has 0 saturated carbocycles. The summed E-state index contributed by atoms with van der Waals surface area (Å²) < 4.78 is 9.49. The fraction of sp³-hybridized carbons (Fsp3) is 0.400. The number of hydrogen-bond acceptors (Lipinski definition) is 3. The van der Waals surface area contributed by atoms with E-state index in [9.17, 15) is 0 Å². The highest BCUT2D eigenvalue weighted by Gasteiger charge is 2.08. The molecule has 0 N–H and O–H groups in total. The SMILES string of the molecule is COC1=CC(OC)=N[N]1. The summed E-state index contributed by atoms with van der Waals surface area (Å²) in [6.07, 6.45) is 1.61. The highest BCUT2D eigenvalue weighted by Crippen LogP contribution is 2.01. The lowest BCUT2D eigenvalue weighted by Gasteiger charge is -1.91. The monoisotopic (exact) mass is 127 g/mol. The highest BCUT2D eigenvalue weighted by atomic mass is 16.5. The van der Waals surface area contributed by atoms with Crippen molar-refractivity contribution < 1.29 is 9.47 Å². The molecular weight excluding hydrogens is 120 g/mol. The molecule has 49 valence electrons. The minimum absolute atomic E-state index is 0.479. The Balaban J connectivity index is 2.52. The minimum atomic E-state index is 0.479. The topological polar surface area (TPSA) is 44.9 Å². The van der Waals surface area contributed by atoms with Crippen LogP contribution in [0.1, 0.15) is 0 Å². The Morgan fingerprint density at radius 3 is 2.44 bits per heavy atom. The first-order valence-corrected chi connectivity index (χ1v) is 2.45. The molecule has 0 atom stereocenters. The zero-order chi connectivity index (χ0) is 6.69. The standard InChI is InChI=1S/C5H7N2O2/c1-8-4-3-5(9-2)7-6-4/h3H,1-2H3. The van der Waals surface area contributed by atoms with Crippen molar-refractivity contribution in [3.05, 3.63) is 12.0 Å². The van der Waals surface area contributed by atoms with E-state index in [2.05, 4.69) is 10.5 Å². The molecule has 0 aromatic rings. The van der Waals surface area contributed by atoms with E-state index in [4.69, 9.17) is 9.47 Å². The zero-order valence-corrected chi connectivity index (χ0v) is 5.29. The second-order valence-corrected chi connectivity index (χ2v) is 1.43. The van der Waals surface area contributed by atoms with Gasteiger partial charge in [-0.1, -0.05) is 0 Å². The maximum Gasteiger partial charge on any atom is 0.238 e. The summed E-state index contributed by atoms with van der Waals surface area (Å²) in [7, 11) is 3.06. The van der Waals surface area contributed by atoms with E-state index in [1.807, 2.05) is 0 Å². The second kappa shape index (κ2) is 2.39. The van der Waals surface area contributed by atoms with Crippen LogP contribution >= 0.6 is 0 Å². The van der Waals surface area contributed by atoms with Gasteiger partial charge in [-0.05, 0) is 0 Å². The largest absolute Gasteiger partial charge is 0.480 e. The van der Waals surface area contributed by atoms with Gasteiger partial charge in [0, 0.05) is 0 Å². The van der Waals surface area contributed by atoms with Crippen LogP contribution in [-0.4, -0.2) is 20.1 Å². The van der Waals surface area contributed by atoms with Gasteiger partial charge in [-0.2, -0.15) is 0 Å². The Labute approximate surface area is 53.1 Å². The number of rotatable bonds is 1. The summed E-state index contributed by atoms with van der Waals surface area (Å²) in [4.78, 5) is 0. The summed E-state index contributed by atoms with van der Waals surface area (Å²) in [6.45, 7) is 0. The van der Waals surface area contributed by atoms with Gasteiger partial charge in [0.25, 0.3) is 0 Å². The van der Waals surface area contributed by atoms with Crippen LogP contribution in [0.3, 0.4) is 0 Å². The molecule has 1 radical (unpaired) electrons. The van der Waals surface area contributed by atoms with Crippen molar-refractivity contribution >= 4 is 5.90 Å². The maximum absolute atomic E-state index is 4.74. The highest BCUT2D eigenvalue weighted by molar-refractivity contribution is 5.89. The molecule has 0 unspecified atom stereocenters.